The molecule has 1 aromatic heterocycles. The summed E-state index contributed by atoms with van der Waals surface area (Å²) in [4.78, 5) is 16.9. The van der Waals surface area contributed by atoms with Crippen molar-refractivity contribution >= 4 is 17.2 Å². The summed E-state index contributed by atoms with van der Waals surface area (Å²) in [5, 5.41) is 0. The van der Waals surface area contributed by atoms with Crippen LogP contribution in [0.1, 0.15) is 41.4 Å². The number of amides is 1. The van der Waals surface area contributed by atoms with Crippen molar-refractivity contribution in [3.05, 3.63) is 40.8 Å². The minimum absolute atomic E-state index is 0.184. The zero-order valence-electron chi connectivity index (χ0n) is 12.7. The summed E-state index contributed by atoms with van der Waals surface area (Å²) in [5.74, 6) is 1.10. The van der Waals surface area contributed by atoms with Crippen LogP contribution in [0.3, 0.4) is 0 Å². The molecule has 2 aliphatic rings. The number of likely N-dealkylation sites (tertiary alicyclic amines) is 1. The number of nitrogens with zero attached hydrogens (tertiary/aromatic N) is 1. The molecule has 1 saturated heterocycles. The Kier molecular flexibility index (Phi) is 3.41. The highest BCUT2D eigenvalue weighted by Gasteiger charge is 2.28. The second kappa shape index (κ2) is 5.43. The first kappa shape index (κ1) is 13.8. The number of carbonyl (C=O) groups excluding carboxylic acids is 1. The minimum Gasteiger partial charge on any atom is -0.488 e. The van der Waals surface area contributed by atoms with Crippen LogP contribution in [-0.2, 0) is 6.61 Å². The van der Waals surface area contributed by atoms with Gasteiger partial charge in [0.05, 0.1) is 4.88 Å². The second-order valence-corrected chi connectivity index (χ2v) is 7.15. The Morgan fingerprint density at radius 2 is 2.18 bits per heavy atom. The Labute approximate surface area is 134 Å². The van der Waals surface area contributed by atoms with Crippen molar-refractivity contribution in [2.24, 2.45) is 0 Å². The van der Waals surface area contributed by atoms with Gasteiger partial charge in [-0.3, -0.25) is 4.79 Å². The zero-order valence-corrected chi connectivity index (χ0v) is 13.5. The Balaban J connectivity index is 1.68. The molecule has 1 aromatic carbocycles. The van der Waals surface area contributed by atoms with Crippen molar-refractivity contribution in [2.75, 3.05) is 6.54 Å². The van der Waals surface area contributed by atoms with Gasteiger partial charge in [-0.15, -0.1) is 11.3 Å². The first-order valence-corrected chi connectivity index (χ1v) is 8.71. The summed E-state index contributed by atoms with van der Waals surface area (Å²) < 4.78 is 5.79. The molecule has 3 nitrogen and oxygen atoms in total. The van der Waals surface area contributed by atoms with E-state index in [1.54, 1.807) is 11.3 Å². The SMILES string of the molecule is C[C@H]1CCCCN1C(=O)c1cc2c(s1)-c1ccccc1OC2. The van der Waals surface area contributed by atoms with Crippen molar-refractivity contribution < 1.29 is 9.53 Å². The van der Waals surface area contributed by atoms with Gasteiger partial charge < -0.3 is 9.64 Å². The fourth-order valence-corrected chi connectivity index (χ4v) is 4.50. The summed E-state index contributed by atoms with van der Waals surface area (Å²) in [6.07, 6.45) is 3.46. The Bertz CT molecular complexity index is 722. The van der Waals surface area contributed by atoms with Gasteiger partial charge >= 0.3 is 0 Å². The molecule has 114 valence electrons. The van der Waals surface area contributed by atoms with E-state index in [0.717, 1.165) is 41.1 Å². The van der Waals surface area contributed by atoms with Crippen LogP contribution >= 0.6 is 11.3 Å². The van der Waals surface area contributed by atoms with Gasteiger partial charge in [0, 0.05) is 28.6 Å². The molecule has 0 saturated carbocycles. The quantitative estimate of drug-likeness (QED) is 0.784. The van der Waals surface area contributed by atoms with E-state index in [0.29, 0.717) is 12.6 Å². The van der Waals surface area contributed by atoms with Crippen molar-refractivity contribution in [3.8, 4) is 16.2 Å². The third-order valence-electron chi connectivity index (χ3n) is 4.60. The highest BCUT2D eigenvalue weighted by Crippen LogP contribution is 2.42. The molecule has 1 fully saturated rings. The molecule has 0 N–H and O–H groups in total. The van der Waals surface area contributed by atoms with Crippen molar-refractivity contribution in [3.63, 3.8) is 0 Å². The number of para-hydroxylation sites is 1. The smallest absolute Gasteiger partial charge is 0.264 e. The van der Waals surface area contributed by atoms with E-state index in [9.17, 15) is 4.79 Å². The lowest BCUT2D eigenvalue weighted by Gasteiger charge is -2.33. The third kappa shape index (κ3) is 2.22. The van der Waals surface area contributed by atoms with Gasteiger partial charge in [0.25, 0.3) is 5.91 Å². The Morgan fingerprint density at radius 3 is 3.05 bits per heavy atom. The minimum atomic E-state index is 0.184. The molecule has 4 heteroatoms. The molecule has 0 aliphatic carbocycles. The van der Waals surface area contributed by atoms with Crippen LogP contribution in [0, 0.1) is 0 Å². The molecule has 2 aliphatic heterocycles. The predicted octanol–water partition coefficient (Wildman–Crippen LogP) is 4.32. The van der Waals surface area contributed by atoms with E-state index in [1.165, 1.54) is 11.3 Å². The lowest BCUT2D eigenvalue weighted by Crippen LogP contribution is -2.41. The van der Waals surface area contributed by atoms with Crippen LogP contribution in [0.5, 0.6) is 5.75 Å². The topological polar surface area (TPSA) is 29.5 Å². The van der Waals surface area contributed by atoms with Crippen LogP contribution in [-0.4, -0.2) is 23.4 Å². The van der Waals surface area contributed by atoms with Gasteiger partial charge in [0.2, 0.25) is 0 Å². The molecule has 0 radical (unpaired) electrons. The fourth-order valence-electron chi connectivity index (χ4n) is 3.35. The van der Waals surface area contributed by atoms with E-state index < -0.39 is 0 Å². The predicted molar refractivity (Wildman–Crippen MR) is 88.4 cm³/mol. The van der Waals surface area contributed by atoms with Gasteiger partial charge in [-0.1, -0.05) is 12.1 Å². The molecule has 2 aromatic rings. The lowest BCUT2D eigenvalue weighted by atomic mass is 10.0. The van der Waals surface area contributed by atoms with Gasteiger partial charge in [-0.05, 0) is 44.4 Å². The van der Waals surface area contributed by atoms with E-state index in [2.05, 4.69) is 13.0 Å². The number of benzene rings is 1. The molecule has 1 atom stereocenters. The number of ether oxygens (including phenoxy) is 1. The maximum atomic E-state index is 12.8. The average molecular weight is 313 g/mol. The summed E-state index contributed by atoms with van der Waals surface area (Å²) >= 11 is 1.61. The Hall–Kier alpha value is -1.81. The second-order valence-electron chi connectivity index (χ2n) is 6.09. The Morgan fingerprint density at radius 1 is 1.32 bits per heavy atom. The molecule has 0 spiro atoms. The molecular formula is C18H19NO2S. The summed E-state index contributed by atoms with van der Waals surface area (Å²) in [5.41, 5.74) is 2.25. The number of rotatable bonds is 1. The molecular weight excluding hydrogens is 294 g/mol. The summed E-state index contributed by atoms with van der Waals surface area (Å²) in [6.45, 7) is 3.60. The van der Waals surface area contributed by atoms with E-state index in [4.69, 9.17) is 4.74 Å². The lowest BCUT2D eigenvalue weighted by molar-refractivity contribution is 0.0640. The van der Waals surface area contributed by atoms with Crippen molar-refractivity contribution in [1.82, 2.24) is 4.90 Å². The van der Waals surface area contributed by atoms with Crippen LogP contribution in [0.2, 0.25) is 0 Å². The number of piperidine rings is 1. The van der Waals surface area contributed by atoms with Crippen LogP contribution < -0.4 is 4.74 Å². The highest BCUT2D eigenvalue weighted by molar-refractivity contribution is 7.17. The summed E-state index contributed by atoms with van der Waals surface area (Å²) in [6, 6.07) is 10.4. The molecule has 4 rings (SSSR count). The molecule has 3 heterocycles. The standard InChI is InChI=1S/C18H19NO2S/c1-12-6-4-5-9-19(12)18(20)16-10-13-11-21-15-8-3-2-7-14(15)17(13)22-16/h2-3,7-8,10,12H,4-6,9,11H2,1H3/t12-/m0/s1. The third-order valence-corrected chi connectivity index (χ3v) is 5.80. The van der Waals surface area contributed by atoms with Gasteiger partial charge in [0.15, 0.2) is 0 Å². The molecule has 0 unspecified atom stereocenters. The average Bonchev–Trinajstić information content (AvgIpc) is 2.99. The maximum absolute atomic E-state index is 12.8. The molecule has 22 heavy (non-hydrogen) atoms. The largest absolute Gasteiger partial charge is 0.488 e. The van der Waals surface area contributed by atoms with Crippen LogP contribution in [0.25, 0.3) is 10.4 Å². The van der Waals surface area contributed by atoms with Crippen LogP contribution in [0.4, 0.5) is 0 Å². The fraction of sp³-hybridized carbons (Fsp3) is 0.389. The monoisotopic (exact) mass is 313 g/mol. The number of carbonyl (C=O) groups is 1. The van der Waals surface area contributed by atoms with Gasteiger partial charge in [0.1, 0.15) is 12.4 Å². The normalized spacial score (nSPS) is 20.0. The first-order valence-electron chi connectivity index (χ1n) is 7.90. The van der Waals surface area contributed by atoms with E-state index >= 15 is 0 Å². The van der Waals surface area contributed by atoms with Gasteiger partial charge in [-0.2, -0.15) is 0 Å². The van der Waals surface area contributed by atoms with Crippen molar-refractivity contribution in [1.29, 1.82) is 0 Å². The number of thiophene rings is 1. The zero-order chi connectivity index (χ0) is 15.1. The maximum Gasteiger partial charge on any atom is 0.264 e. The van der Waals surface area contributed by atoms with Gasteiger partial charge in [-0.25, -0.2) is 0 Å². The van der Waals surface area contributed by atoms with E-state index in [1.807, 2.05) is 29.2 Å². The highest BCUT2D eigenvalue weighted by atomic mass is 32.1. The first-order chi connectivity index (χ1) is 10.7. The van der Waals surface area contributed by atoms with Crippen LogP contribution in [0.15, 0.2) is 30.3 Å². The number of hydrogen-bond donors (Lipinski definition) is 0. The number of fused-ring (bicyclic) bond motifs is 3. The van der Waals surface area contributed by atoms with E-state index in [-0.39, 0.29) is 5.91 Å². The summed E-state index contributed by atoms with van der Waals surface area (Å²) in [7, 11) is 0. The molecule has 1 amide bonds. The van der Waals surface area contributed by atoms with Crippen molar-refractivity contribution in [2.45, 2.75) is 38.8 Å². The molecule has 0 bridgehead atoms. The number of hydrogen-bond acceptors (Lipinski definition) is 3.